The van der Waals surface area contributed by atoms with Crippen molar-refractivity contribution in [2.24, 2.45) is 5.92 Å². The third-order valence-corrected chi connectivity index (χ3v) is 5.17. The van der Waals surface area contributed by atoms with Gasteiger partial charge >= 0.3 is 0 Å². The number of benzene rings is 1. The number of hydrogen-bond donors (Lipinski definition) is 1. The Bertz CT molecular complexity index is 877. The summed E-state index contributed by atoms with van der Waals surface area (Å²) in [5, 5.41) is 15.3. The van der Waals surface area contributed by atoms with Gasteiger partial charge in [0.05, 0.1) is 0 Å². The van der Waals surface area contributed by atoms with Gasteiger partial charge in [0.25, 0.3) is 5.91 Å². The Morgan fingerprint density at radius 2 is 2.00 bits per heavy atom. The lowest BCUT2D eigenvalue weighted by atomic mass is 10.1. The lowest BCUT2D eigenvalue weighted by Gasteiger charge is -2.03. The quantitative estimate of drug-likeness (QED) is 0.614. The number of nitrogens with zero attached hydrogens (tertiary/aromatic N) is 3. The van der Waals surface area contributed by atoms with Crippen LogP contribution in [0.1, 0.15) is 34.4 Å². The molecule has 0 radical (unpaired) electrons. The minimum atomic E-state index is -0.300. The van der Waals surface area contributed by atoms with Crippen LogP contribution >= 0.6 is 34.3 Å². The summed E-state index contributed by atoms with van der Waals surface area (Å²) in [7, 11) is 0. The number of aromatic nitrogens is 3. The van der Waals surface area contributed by atoms with Gasteiger partial charge in [0.2, 0.25) is 5.13 Å². The van der Waals surface area contributed by atoms with Gasteiger partial charge in [-0.3, -0.25) is 10.1 Å². The SMILES string of the molecule is CC(C)Cc1nnc(NC(=O)c2csc(COc3ccc(Cl)cc3)n2)s1. The Morgan fingerprint density at radius 1 is 1.23 bits per heavy atom. The van der Waals surface area contributed by atoms with Gasteiger partial charge in [0.15, 0.2) is 0 Å². The van der Waals surface area contributed by atoms with Crippen molar-refractivity contribution in [3.63, 3.8) is 0 Å². The highest BCUT2D eigenvalue weighted by atomic mass is 35.5. The van der Waals surface area contributed by atoms with E-state index < -0.39 is 0 Å². The molecule has 0 saturated carbocycles. The second-order valence-corrected chi connectivity index (χ2v) is 8.36. The van der Waals surface area contributed by atoms with Gasteiger partial charge in [-0.05, 0) is 30.2 Å². The van der Waals surface area contributed by atoms with Crippen LogP contribution < -0.4 is 10.1 Å². The van der Waals surface area contributed by atoms with Crippen LogP contribution in [0.15, 0.2) is 29.6 Å². The van der Waals surface area contributed by atoms with E-state index in [1.165, 1.54) is 22.7 Å². The van der Waals surface area contributed by atoms with E-state index in [4.69, 9.17) is 16.3 Å². The summed E-state index contributed by atoms with van der Waals surface area (Å²) >= 11 is 8.60. The van der Waals surface area contributed by atoms with Gasteiger partial charge in [0, 0.05) is 16.8 Å². The molecule has 0 fully saturated rings. The van der Waals surface area contributed by atoms with Crippen LogP contribution in [0.25, 0.3) is 0 Å². The molecule has 6 nitrogen and oxygen atoms in total. The molecule has 0 aliphatic heterocycles. The third kappa shape index (κ3) is 5.23. The average Bonchev–Trinajstić information content (AvgIpc) is 3.23. The molecule has 3 rings (SSSR count). The van der Waals surface area contributed by atoms with E-state index in [0.29, 0.717) is 32.5 Å². The fourth-order valence-corrected chi connectivity index (χ4v) is 3.81. The first kappa shape index (κ1) is 18.8. The number of nitrogens with one attached hydrogen (secondary N) is 1. The highest BCUT2D eigenvalue weighted by Crippen LogP contribution is 2.21. The van der Waals surface area contributed by atoms with Crippen LogP contribution in [-0.4, -0.2) is 21.1 Å². The molecule has 0 bridgehead atoms. The van der Waals surface area contributed by atoms with Gasteiger partial charge in [-0.25, -0.2) is 4.98 Å². The molecular formula is C17H17ClN4O2S2. The topological polar surface area (TPSA) is 77.0 Å². The van der Waals surface area contributed by atoms with Crippen molar-refractivity contribution in [3.8, 4) is 5.75 Å². The fraction of sp³-hybridized carbons (Fsp3) is 0.294. The molecule has 0 saturated heterocycles. The van der Waals surface area contributed by atoms with Gasteiger partial charge in [-0.2, -0.15) is 0 Å². The molecule has 0 spiro atoms. The highest BCUT2D eigenvalue weighted by Gasteiger charge is 2.14. The van der Waals surface area contributed by atoms with E-state index in [-0.39, 0.29) is 12.5 Å². The standard InChI is InChI=1S/C17H17ClN4O2S2/c1-10(2)7-14-21-22-17(26-14)20-16(23)13-9-25-15(19-13)8-24-12-5-3-11(18)4-6-12/h3-6,9-10H,7-8H2,1-2H3,(H,20,22,23). The smallest absolute Gasteiger partial charge is 0.276 e. The third-order valence-electron chi connectivity index (χ3n) is 3.23. The largest absolute Gasteiger partial charge is 0.486 e. The zero-order valence-electron chi connectivity index (χ0n) is 14.2. The molecule has 0 atom stereocenters. The zero-order chi connectivity index (χ0) is 18.5. The van der Waals surface area contributed by atoms with Crippen LogP contribution in [0.4, 0.5) is 5.13 Å². The van der Waals surface area contributed by atoms with Crippen molar-refractivity contribution < 1.29 is 9.53 Å². The molecule has 0 aliphatic rings. The molecule has 0 unspecified atom stereocenters. The van der Waals surface area contributed by atoms with Gasteiger partial charge in [-0.15, -0.1) is 21.5 Å². The van der Waals surface area contributed by atoms with Gasteiger partial charge in [0.1, 0.15) is 28.1 Å². The Hall–Kier alpha value is -2.03. The second-order valence-electron chi connectivity index (χ2n) is 5.92. The summed E-state index contributed by atoms with van der Waals surface area (Å²) in [5.74, 6) is 0.890. The minimum Gasteiger partial charge on any atom is -0.486 e. The molecule has 1 N–H and O–H groups in total. The molecule has 2 heterocycles. The molecule has 3 aromatic rings. The number of hydrogen-bond acceptors (Lipinski definition) is 7. The number of amides is 1. The molecule has 136 valence electrons. The maximum Gasteiger partial charge on any atom is 0.276 e. The van der Waals surface area contributed by atoms with Crippen molar-refractivity contribution in [2.75, 3.05) is 5.32 Å². The van der Waals surface area contributed by atoms with Crippen LogP contribution in [0.2, 0.25) is 5.02 Å². The van der Waals surface area contributed by atoms with Gasteiger partial charge in [-0.1, -0.05) is 36.8 Å². The number of thiazole rings is 1. The molecule has 2 aromatic heterocycles. The Balaban J connectivity index is 1.55. The average molecular weight is 409 g/mol. The van der Waals surface area contributed by atoms with Crippen LogP contribution in [0.5, 0.6) is 5.75 Å². The number of halogens is 1. The predicted octanol–water partition coefficient (Wildman–Crippen LogP) is 4.68. The second kappa shape index (κ2) is 8.57. The van der Waals surface area contributed by atoms with Gasteiger partial charge < -0.3 is 4.74 Å². The highest BCUT2D eigenvalue weighted by molar-refractivity contribution is 7.15. The lowest BCUT2D eigenvalue weighted by Crippen LogP contribution is -2.12. The number of anilines is 1. The van der Waals surface area contributed by atoms with E-state index >= 15 is 0 Å². The summed E-state index contributed by atoms with van der Waals surface area (Å²) in [6, 6.07) is 7.09. The summed E-state index contributed by atoms with van der Waals surface area (Å²) in [6.07, 6.45) is 0.844. The molecule has 26 heavy (non-hydrogen) atoms. The Morgan fingerprint density at radius 3 is 2.73 bits per heavy atom. The molecule has 1 amide bonds. The van der Waals surface area contributed by atoms with E-state index in [1.54, 1.807) is 29.6 Å². The van der Waals surface area contributed by atoms with Crippen molar-refractivity contribution in [3.05, 3.63) is 50.4 Å². The molecule has 1 aromatic carbocycles. The van der Waals surface area contributed by atoms with Crippen molar-refractivity contribution in [2.45, 2.75) is 26.9 Å². The van der Waals surface area contributed by atoms with Crippen molar-refractivity contribution in [1.29, 1.82) is 0 Å². The predicted molar refractivity (Wildman–Crippen MR) is 104 cm³/mol. The zero-order valence-corrected chi connectivity index (χ0v) is 16.6. The number of carbonyl (C=O) groups is 1. The monoisotopic (exact) mass is 408 g/mol. The Kier molecular flexibility index (Phi) is 6.18. The number of ether oxygens (including phenoxy) is 1. The molecular weight excluding hydrogens is 392 g/mol. The Labute approximate surface area is 164 Å². The molecule has 9 heteroatoms. The lowest BCUT2D eigenvalue weighted by molar-refractivity contribution is 0.102. The number of rotatable bonds is 7. The molecule has 0 aliphatic carbocycles. The van der Waals surface area contributed by atoms with Crippen LogP contribution in [-0.2, 0) is 13.0 Å². The van der Waals surface area contributed by atoms with E-state index in [1.807, 2.05) is 0 Å². The number of carbonyl (C=O) groups excluding carboxylic acids is 1. The first-order valence-corrected chi connectivity index (χ1v) is 10.0. The summed E-state index contributed by atoms with van der Waals surface area (Å²) in [5.41, 5.74) is 0.338. The van der Waals surface area contributed by atoms with E-state index in [2.05, 4.69) is 34.3 Å². The van der Waals surface area contributed by atoms with E-state index in [0.717, 1.165) is 11.4 Å². The van der Waals surface area contributed by atoms with Crippen LogP contribution in [0.3, 0.4) is 0 Å². The normalized spacial score (nSPS) is 10.9. The minimum absolute atomic E-state index is 0.289. The summed E-state index contributed by atoms with van der Waals surface area (Å²) in [4.78, 5) is 16.6. The maximum atomic E-state index is 12.3. The first-order valence-electron chi connectivity index (χ1n) is 7.96. The van der Waals surface area contributed by atoms with Crippen LogP contribution in [0, 0.1) is 5.92 Å². The van der Waals surface area contributed by atoms with Crippen molar-refractivity contribution in [1.82, 2.24) is 15.2 Å². The van der Waals surface area contributed by atoms with Crippen molar-refractivity contribution >= 4 is 45.3 Å². The summed E-state index contributed by atoms with van der Waals surface area (Å²) < 4.78 is 5.64. The fourth-order valence-electron chi connectivity index (χ4n) is 2.05. The summed E-state index contributed by atoms with van der Waals surface area (Å²) in [6.45, 7) is 4.52. The first-order chi connectivity index (χ1) is 12.5. The maximum absolute atomic E-state index is 12.3. The van der Waals surface area contributed by atoms with E-state index in [9.17, 15) is 4.79 Å².